The van der Waals surface area contributed by atoms with Gasteiger partial charge in [0.1, 0.15) is 18.5 Å². The van der Waals surface area contributed by atoms with Crippen LogP contribution in [0, 0.1) is 11.6 Å². The first-order valence-electron chi connectivity index (χ1n) is 9.62. The summed E-state index contributed by atoms with van der Waals surface area (Å²) in [4.78, 5) is 16.2. The summed E-state index contributed by atoms with van der Waals surface area (Å²) < 4.78 is 35.2. The summed E-state index contributed by atoms with van der Waals surface area (Å²) in [5.41, 5.74) is 1.20. The van der Waals surface area contributed by atoms with Crippen molar-refractivity contribution < 1.29 is 23.7 Å². The van der Waals surface area contributed by atoms with E-state index in [9.17, 15) is 9.50 Å². The third-order valence-corrected chi connectivity index (χ3v) is 4.49. The van der Waals surface area contributed by atoms with E-state index in [0.29, 0.717) is 11.1 Å². The normalized spacial score (nSPS) is 13.2. The lowest BCUT2D eigenvalue weighted by molar-refractivity contribution is 0.0507. The zero-order chi connectivity index (χ0) is 22.7. The summed E-state index contributed by atoms with van der Waals surface area (Å²) in [5.74, 6) is -1.80. The van der Waals surface area contributed by atoms with E-state index >= 15 is 4.39 Å². The molecule has 2 atom stereocenters. The molecule has 10 nitrogen and oxygen atoms in total. The van der Waals surface area contributed by atoms with Gasteiger partial charge in [0.15, 0.2) is 17.5 Å². The van der Waals surface area contributed by atoms with E-state index < -0.39 is 36.3 Å². The number of anilines is 1. The second kappa shape index (κ2) is 9.16. The Bertz CT molecular complexity index is 1220. The van der Waals surface area contributed by atoms with E-state index in [0.717, 1.165) is 12.4 Å². The molecule has 4 rings (SSSR count). The second-order valence-corrected chi connectivity index (χ2v) is 6.88. The molecule has 0 bridgehead atoms. The van der Waals surface area contributed by atoms with Crippen molar-refractivity contribution in [2.45, 2.75) is 19.1 Å². The Morgan fingerprint density at radius 3 is 2.69 bits per heavy atom. The molecule has 0 amide bonds. The highest BCUT2D eigenvalue weighted by Gasteiger charge is 2.22. The van der Waals surface area contributed by atoms with Crippen LogP contribution in [-0.2, 0) is 0 Å². The fourth-order valence-corrected chi connectivity index (χ4v) is 2.89. The quantitative estimate of drug-likeness (QED) is 0.373. The van der Waals surface area contributed by atoms with Gasteiger partial charge in [-0.05, 0) is 19.1 Å². The molecule has 0 saturated carbocycles. The minimum absolute atomic E-state index is 0.121. The number of nitrogens with zero attached hydrogens (tertiary/aromatic N) is 6. The van der Waals surface area contributed by atoms with E-state index in [1.807, 2.05) is 6.07 Å². The SMILES string of the molecule is C[C@H](Nc1nc(-c2cnn3ccccc23)nc(OC[C@@H](O)CO)c1F)c1ncc(F)cn1. The molecule has 12 heteroatoms. The highest BCUT2D eigenvalue weighted by molar-refractivity contribution is 5.76. The van der Waals surface area contributed by atoms with Crippen LogP contribution in [0.2, 0.25) is 0 Å². The highest BCUT2D eigenvalue weighted by Crippen LogP contribution is 2.30. The number of aromatic nitrogens is 6. The molecule has 0 saturated heterocycles. The number of rotatable bonds is 8. The Hall–Kier alpha value is -3.77. The summed E-state index contributed by atoms with van der Waals surface area (Å²) >= 11 is 0. The number of hydrogen-bond acceptors (Lipinski definition) is 9. The number of hydrogen-bond donors (Lipinski definition) is 3. The largest absolute Gasteiger partial charge is 0.473 e. The first-order valence-corrected chi connectivity index (χ1v) is 9.62. The number of pyridine rings is 1. The minimum Gasteiger partial charge on any atom is -0.473 e. The molecular weight excluding hydrogens is 424 g/mol. The van der Waals surface area contributed by atoms with Gasteiger partial charge in [0.05, 0.1) is 42.3 Å². The molecule has 0 aromatic carbocycles. The average molecular weight is 443 g/mol. The van der Waals surface area contributed by atoms with Gasteiger partial charge < -0.3 is 20.3 Å². The molecule has 0 aliphatic heterocycles. The van der Waals surface area contributed by atoms with Gasteiger partial charge in [-0.25, -0.2) is 23.9 Å². The number of nitrogens with one attached hydrogen (secondary N) is 1. The summed E-state index contributed by atoms with van der Waals surface area (Å²) in [7, 11) is 0. The van der Waals surface area contributed by atoms with Crippen LogP contribution in [0.4, 0.5) is 14.6 Å². The van der Waals surface area contributed by atoms with Crippen LogP contribution >= 0.6 is 0 Å². The molecule has 0 unspecified atom stereocenters. The predicted octanol–water partition coefficient (Wildman–Crippen LogP) is 1.76. The fraction of sp³-hybridized carbons (Fsp3) is 0.250. The fourth-order valence-electron chi connectivity index (χ4n) is 2.89. The summed E-state index contributed by atoms with van der Waals surface area (Å²) in [6, 6.07) is 4.78. The number of fused-ring (bicyclic) bond motifs is 1. The van der Waals surface area contributed by atoms with Crippen LogP contribution in [0.3, 0.4) is 0 Å². The van der Waals surface area contributed by atoms with Crippen LogP contribution in [0.5, 0.6) is 5.88 Å². The molecule has 0 aliphatic rings. The van der Waals surface area contributed by atoms with E-state index in [2.05, 4.69) is 30.4 Å². The van der Waals surface area contributed by atoms with Gasteiger partial charge in [-0.15, -0.1) is 0 Å². The Kier molecular flexibility index (Phi) is 6.14. The molecule has 0 aliphatic carbocycles. The molecule has 166 valence electrons. The van der Waals surface area contributed by atoms with Crippen molar-refractivity contribution in [1.82, 2.24) is 29.5 Å². The average Bonchev–Trinajstić information content (AvgIpc) is 3.24. The second-order valence-electron chi connectivity index (χ2n) is 6.88. The van der Waals surface area contributed by atoms with E-state index in [4.69, 9.17) is 9.84 Å². The minimum atomic E-state index is -1.22. The molecule has 32 heavy (non-hydrogen) atoms. The number of aliphatic hydroxyl groups excluding tert-OH is 2. The number of aliphatic hydroxyl groups is 2. The summed E-state index contributed by atoms with van der Waals surface area (Å²) in [5, 5.41) is 25.7. The van der Waals surface area contributed by atoms with E-state index in [1.54, 1.807) is 29.8 Å². The van der Waals surface area contributed by atoms with Crippen LogP contribution in [0.1, 0.15) is 18.8 Å². The molecule has 4 aromatic rings. The van der Waals surface area contributed by atoms with Crippen molar-refractivity contribution >= 4 is 11.3 Å². The maximum absolute atomic E-state index is 15.1. The molecule has 0 spiro atoms. The van der Waals surface area contributed by atoms with Crippen LogP contribution in [0.25, 0.3) is 16.9 Å². The van der Waals surface area contributed by atoms with Crippen molar-refractivity contribution in [1.29, 1.82) is 0 Å². The standard InChI is InChI=1S/C20H19F2N7O3/c1-11(17-23-6-12(21)7-24-17)26-19-16(22)20(32-10-13(31)9-30)28-18(27-19)14-8-25-29-5-3-2-4-15(14)29/h2-8,11,13,30-31H,9-10H2,1H3,(H,26,27,28)/t11-,13-/m0/s1. The zero-order valence-electron chi connectivity index (χ0n) is 16.9. The van der Waals surface area contributed by atoms with E-state index in [-0.39, 0.29) is 24.1 Å². The van der Waals surface area contributed by atoms with Crippen LogP contribution < -0.4 is 10.1 Å². The van der Waals surface area contributed by atoms with Crippen LogP contribution in [0.15, 0.2) is 43.0 Å². The molecule has 0 radical (unpaired) electrons. The van der Waals surface area contributed by atoms with Crippen molar-refractivity contribution in [3.63, 3.8) is 0 Å². The highest BCUT2D eigenvalue weighted by atomic mass is 19.1. The third-order valence-electron chi connectivity index (χ3n) is 4.49. The van der Waals surface area contributed by atoms with Gasteiger partial charge in [0.25, 0.3) is 5.88 Å². The summed E-state index contributed by atoms with van der Waals surface area (Å²) in [6.07, 6.45) is 4.07. The maximum Gasteiger partial charge on any atom is 0.256 e. The Morgan fingerprint density at radius 1 is 1.16 bits per heavy atom. The number of ether oxygens (including phenoxy) is 1. The Morgan fingerprint density at radius 2 is 1.94 bits per heavy atom. The lowest BCUT2D eigenvalue weighted by Gasteiger charge is -2.16. The zero-order valence-corrected chi connectivity index (χ0v) is 16.9. The van der Waals surface area contributed by atoms with Crippen molar-refractivity contribution in [2.75, 3.05) is 18.5 Å². The smallest absolute Gasteiger partial charge is 0.256 e. The Labute approximate surface area is 180 Å². The lowest BCUT2D eigenvalue weighted by atomic mass is 10.2. The first-order chi connectivity index (χ1) is 15.5. The van der Waals surface area contributed by atoms with E-state index in [1.165, 1.54) is 6.20 Å². The Balaban J connectivity index is 1.74. The van der Waals surface area contributed by atoms with Gasteiger partial charge in [-0.1, -0.05) is 6.07 Å². The molecular formula is C20H19F2N7O3. The topological polar surface area (TPSA) is 131 Å². The van der Waals surface area contributed by atoms with Gasteiger partial charge in [0.2, 0.25) is 5.82 Å². The molecule has 4 aromatic heterocycles. The summed E-state index contributed by atoms with van der Waals surface area (Å²) in [6.45, 7) is 0.714. The predicted molar refractivity (Wildman–Crippen MR) is 109 cm³/mol. The van der Waals surface area contributed by atoms with Gasteiger partial charge in [-0.2, -0.15) is 14.5 Å². The van der Waals surface area contributed by atoms with Crippen molar-refractivity contribution in [2.24, 2.45) is 0 Å². The molecule has 4 heterocycles. The monoisotopic (exact) mass is 443 g/mol. The van der Waals surface area contributed by atoms with Gasteiger partial charge in [-0.3, -0.25) is 0 Å². The van der Waals surface area contributed by atoms with Crippen molar-refractivity contribution in [3.8, 4) is 17.3 Å². The first kappa shape index (κ1) is 21.5. The van der Waals surface area contributed by atoms with Gasteiger partial charge in [0, 0.05) is 6.20 Å². The molecule has 0 fully saturated rings. The number of halogens is 2. The third kappa shape index (κ3) is 4.45. The van der Waals surface area contributed by atoms with Crippen LogP contribution in [-0.4, -0.2) is 59.1 Å². The maximum atomic E-state index is 15.1. The van der Waals surface area contributed by atoms with Gasteiger partial charge >= 0.3 is 0 Å². The van der Waals surface area contributed by atoms with Crippen molar-refractivity contribution in [3.05, 3.63) is 60.4 Å². The lowest BCUT2D eigenvalue weighted by Crippen LogP contribution is -2.22. The molecule has 3 N–H and O–H groups in total.